The molecule has 3 aromatic heterocycles. The van der Waals surface area contributed by atoms with Crippen molar-refractivity contribution >= 4 is 21.7 Å². The summed E-state index contributed by atoms with van der Waals surface area (Å²) < 4.78 is 75.9. The molecule has 1 saturated heterocycles. The van der Waals surface area contributed by atoms with Crippen LogP contribution in [-0.4, -0.2) is 63.7 Å². The minimum absolute atomic E-state index is 0.0273. The van der Waals surface area contributed by atoms with E-state index in [2.05, 4.69) is 26.8 Å². The number of pyridine rings is 1. The van der Waals surface area contributed by atoms with Gasteiger partial charge in [0.2, 0.25) is 5.88 Å². The third-order valence-electron chi connectivity index (χ3n) is 7.29. The number of sulfonamides is 1. The molecule has 1 aliphatic heterocycles. The molecule has 0 unspecified atom stereocenters. The maximum atomic E-state index is 13.4. The molecule has 1 atom stereocenters. The summed E-state index contributed by atoms with van der Waals surface area (Å²) in [5.41, 5.74) is -2.08. The first-order valence-electron chi connectivity index (χ1n) is 12.9. The van der Waals surface area contributed by atoms with Crippen molar-refractivity contribution in [2.24, 2.45) is 18.4 Å². The Balaban J connectivity index is 1.68. The van der Waals surface area contributed by atoms with E-state index < -0.39 is 39.7 Å². The van der Waals surface area contributed by atoms with E-state index in [1.54, 1.807) is 14.0 Å². The number of hydrogen-bond acceptors (Lipinski definition) is 8. The molecule has 3 aromatic rings. The van der Waals surface area contributed by atoms with Crippen LogP contribution in [0.2, 0.25) is 0 Å². The maximum Gasteiger partial charge on any atom is 0.397 e. The maximum absolute atomic E-state index is 13.4. The molecule has 0 spiro atoms. The van der Waals surface area contributed by atoms with E-state index in [1.165, 1.54) is 40.0 Å². The zero-order valence-electron chi connectivity index (χ0n) is 23.9. The van der Waals surface area contributed by atoms with E-state index in [-0.39, 0.29) is 33.9 Å². The number of amides is 1. The average Bonchev–Trinajstić information content (AvgIpc) is 3.53. The number of hydrogen-bond donors (Lipinski definition) is 1. The molecule has 4 heterocycles. The van der Waals surface area contributed by atoms with Crippen LogP contribution < -0.4 is 14.4 Å². The fourth-order valence-corrected chi connectivity index (χ4v) is 5.90. The number of carbonyl (C=O) groups excluding carboxylic acids is 1. The molecule has 1 N–H and O–H groups in total. The molecule has 41 heavy (non-hydrogen) atoms. The number of alkyl halides is 3. The van der Waals surface area contributed by atoms with Gasteiger partial charge >= 0.3 is 6.18 Å². The van der Waals surface area contributed by atoms with E-state index in [4.69, 9.17) is 4.74 Å². The topological polar surface area (TPSA) is 124 Å². The lowest BCUT2D eigenvalue weighted by Crippen LogP contribution is -2.41. The van der Waals surface area contributed by atoms with Gasteiger partial charge in [0.25, 0.3) is 15.9 Å². The molecule has 224 valence electrons. The van der Waals surface area contributed by atoms with Crippen LogP contribution in [-0.2, 0) is 17.1 Å². The van der Waals surface area contributed by atoms with Crippen LogP contribution in [0.5, 0.6) is 5.88 Å². The lowest BCUT2D eigenvalue weighted by molar-refractivity contribution is -0.219. The molecule has 0 bridgehead atoms. The number of carbonyl (C=O) groups is 1. The van der Waals surface area contributed by atoms with Gasteiger partial charge in [-0.3, -0.25) is 9.48 Å². The summed E-state index contributed by atoms with van der Waals surface area (Å²) in [6, 6.07) is 4.34. The Morgan fingerprint density at radius 3 is 2.46 bits per heavy atom. The predicted octanol–water partition coefficient (Wildman–Crippen LogP) is 4.02. The van der Waals surface area contributed by atoms with Gasteiger partial charge in [-0.25, -0.2) is 22.8 Å². The van der Waals surface area contributed by atoms with Crippen LogP contribution >= 0.6 is 0 Å². The normalized spacial score (nSPS) is 17.6. The molecule has 0 radical (unpaired) electrons. The SMILES string of the molecule is Cc1c(S(=O)(=O)NC(=O)c2ccc(-n3ccc(OCC(C)(C)C(F)(F)F)n3)nc2N2C[C@@H](C)CC2(C)C)cnn1C. The molecular formula is C26H34F3N7O4S. The second kappa shape index (κ2) is 10.3. The molecule has 15 heteroatoms. The Labute approximate surface area is 236 Å². The van der Waals surface area contributed by atoms with Crippen molar-refractivity contribution in [1.29, 1.82) is 0 Å². The van der Waals surface area contributed by atoms with Gasteiger partial charge in [-0.15, -0.1) is 5.10 Å². The molecule has 1 amide bonds. The smallest absolute Gasteiger partial charge is 0.397 e. The number of nitrogens with one attached hydrogen (secondary N) is 1. The highest BCUT2D eigenvalue weighted by molar-refractivity contribution is 7.90. The molecule has 0 saturated carbocycles. The van der Waals surface area contributed by atoms with Crippen LogP contribution in [0.3, 0.4) is 0 Å². The van der Waals surface area contributed by atoms with Gasteiger partial charge < -0.3 is 9.64 Å². The van der Waals surface area contributed by atoms with Crippen LogP contribution in [0.15, 0.2) is 35.5 Å². The summed E-state index contributed by atoms with van der Waals surface area (Å²) in [4.78, 5) is 19.9. The van der Waals surface area contributed by atoms with Gasteiger partial charge in [-0.1, -0.05) is 6.92 Å². The van der Waals surface area contributed by atoms with Gasteiger partial charge in [0.05, 0.1) is 22.9 Å². The number of anilines is 1. The van der Waals surface area contributed by atoms with Crippen molar-refractivity contribution in [2.75, 3.05) is 18.1 Å². The number of aromatic nitrogens is 5. The average molecular weight is 598 g/mol. The van der Waals surface area contributed by atoms with Crippen LogP contribution in [0, 0.1) is 18.3 Å². The van der Waals surface area contributed by atoms with E-state index >= 15 is 0 Å². The highest BCUT2D eigenvalue weighted by atomic mass is 32.2. The van der Waals surface area contributed by atoms with Gasteiger partial charge in [-0.2, -0.15) is 18.3 Å². The lowest BCUT2D eigenvalue weighted by Gasteiger charge is -2.34. The second-order valence-corrected chi connectivity index (χ2v) is 13.3. The standard InChI is InChI=1S/C26H34F3N7O4S/c1-16-12-25(5,6)35(14-16)22-18(23(37)33-41(38,39)19-13-30-34(7)17(19)2)8-9-20(31-22)36-11-10-21(32-36)40-15-24(3,4)26(27,28)29/h8-11,13,16H,12,14-15H2,1-7H3,(H,33,37)/t16-/m0/s1. The van der Waals surface area contributed by atoms with Gasteiger partial charge in [0.15, 0.2) is 5.82 Å². The zero-order chi connectivity index (χ0) is 30.5. The fraction of sp³-hybridized carbons (Fsp3) is 0.538. The number of nitrogens with zero attached hydrogens (tertiary/aromatic N) is 6. The molecular weight excluding hydrogens is 563 g/mol. The first-order valence-corrected chi connectivity index (χ1v) is 14.4. The molecule has 0 aromatic carbocycles. The van der Waals surface area contributed by atoms with Crippen molar-refractivity contribution in [3.8, 4) is 11.7 Å². The minimum atomic E-state index is -4.45. The lowest BCUT2D eigenvalue weighted by atomic mass is 9.94. The summed E-state index contributed by atoms with van der Waals surface area (Å²) in [6.45, 7) is 9.67. The van der Waals surface area contributed by atoms with Crippen LogP contribution in [0.4, 0.5) is 19.0 Å². The Morgan fingerprint density at radius 2 is 1.90 bits per heavy atom. The number of halogens is 3. The Morgan fingerprint density at radius 1 is 1.22 bits per heavy atom. The van der Waals surface area contributed by atoms with Crippen LogP contribution in [0.25, 0.3) is 5.82 Å². The van der Waals surface area contributed by atoms with Gasteiger partial charge in [-0.05, 0) is 59.1 Å². The predicted molar refractivity (Wildman–Crippen MR) is 144 cm³/mol. The number of aryl methyl sites for hydroxylation is 1. The Kier molecular flexibility index (Phi) is 7.65. The van der Waals surface area contributed by atoms with Gasteiger partial charge in [0, 0.05) is 31.4 Å². The summed E-state index contributed by atoms with van der Waals surface area (Å²) in [5.74, 6) is -0.0988. The zero-order valence-corrected chi connectivity index (χ0v) is 24.8. The van der Waals surface area contributed by atoms with Crippen molar-refractivity contribution in [1.82, 2.24) is 29.3 Å². The molecule has 0 aliphatic carbocycles. The van der Waals surface area contributed by atoms with Crippen molar-refractivity contribution in [3.05, 3.63) is 41.9 Å². The minimum Gasteiger partial charge on any atom is -0.476 e. The third-order valence-corrected chi connectivity index (χ3v) is 8.72. The van der Waals surface area contributed by atoms with E-state index in [9.17, 15) is 26.4 Å². The Hall–Kier alpha value is -3.62. The molecule has 11 nitrogen and oxygen atoms in total. The first kappa shape index (κ1) is 30.3. The molecule has 1 fully saturated rings. The van der Waals surface area contributed by atoms with E-state index in [1.807, 2.05) is 18.7 Å². The second-order valence-electron chi connectivity index (χ2n) is 11.7. The largest absolute Gasteiger partial charge is 0.476 e. The van der Waals surface area contributed by atoms with Crippen molar-refractivity contribution < 1.29 is 31.1 Å². The summed E-state index contributed by atoms with van der Waals surface area (Å²) >= 11 is 0. The monoisotopic (exact) mass is 597 g/mol. The van der Waals surface area contributed by atoms with Crippen LogP contribution in [0.1, 0.15) is 57.1 Å². The summed E-state index contributed by atoms with van der Waals surface area (Å²) in [5, 5.41) is 8.16. The van der Waals surface area contributed by atoms with E-state index in [0.717, 1.165) is 20.3 Å². The van der Waals surface area contributed by atoms with Gasteiger partial charge in [0.1, 0.15) is 17.3 Å². The number of rotatable bonds is 8. The highest BCUT2D eigenvalue weighted by Gasteiger charge is 2.48. The summed E-state index contributed by atoms with van der Waals surface area (Å²) in [7, 11) is -2.63. The number of ether oxygens (including phenoxy) is 1. The summed E-state index contributed by atoms with van der Waals surface area (Å²) in [6.07, 6.45) is -0.992. The fourth-order valence-electron chi connectivity index (χ4n) is 4.73. The van der Waals surface area contributed by atoms with Crippen molar-refractivity contribution in [3.63, 3.8) is 0 Å². The quantitative estimate of drug-likeness (QED) is 0.413. The Bertz CT molecular complexity index is 1560. The third kappa shape index (κ3) is 6.04. The first-order chi connectivity index (χ1) is 18.8. The van der Waals surface area contributed by atoms with E-state index in [0.29, 0.717) is 12.2 Å². The molecule has 1 aliphatic rings. The van der Waals surface area contributed by atoms with Crippen molar-refractivity contribution in [2.45, 2.75) is 64.6 Å². The molecule has 4 rings (SSSR count). The highest BCUT2D eigenvalue weighted by Crippen LogP contribution is 2.39.